The monoisotopic (exact) mass is 1300 g/mol. The lowest BCUT2D eigenvalue weighted by molar-refractivity contribution is -0.131. The van der Waals surface area contributed by atoms with Gasteiger partial charge in [-0.15, -0.1) is 45.3 Å². The first-order chi connectivity index (χ1) is 44.4. The number of rotatable bonds is 10. The molecule has 12 aromatic heterocycles. The van der Waals surface area contributed by atoms with Crippen molar-refractivity contribution in [3.8, 4) is 42.3 Å². The van der Waals surface area contributed by atoms with Crippen LogP contribution in [0.4, 0.5) is 46.0 Å². The van der Waals surface area contributed by atoms with E-state index in [1.54, 1.807) is 75.0 Å². The van der Waals surface area contributed by atoms with Gasteiger partial charge in [-0.3, -0.25) is 30.0 Å². The van der Waals surface area contributed by atoms with Crippen LogP contribution in [0.1, 0.15) is 19.8 Å². The molecule has 8 fully saturated rings. The Hall–Kier alpha value is -9.46. The van der Waals surface area contributed by atoms with Crippen LogP contribution >= 0.6 is 45.3 Å². The zero-order chi connectivity index (χ0) is 61.9. The normalized spacial score (nSPS) is 20.2. The van der Waals surface area contributed by atoms with Crippen LogP contribution in [0.25, 0.3) is 83.2 Å². The molecule has 5 atom stereocenters. The Balaban J connectivity index is 0.000000101. The summed E-state index contributed by atoms with van der Waals surface area (Å²) in [5.41, 5.74) is 36.4. The Labute approximate surface area is 536 Å². The van der Waals surface area contributed by atoms with Gasteiger partial charge in [-0.25, -0.2) is 19.9 Å². The van der Waals surface area contributed by atoms with Crippen LogP contribution in [0.5, 0.6) is 0 Å². The third-order valence-corrected chi connectivity index (χ3v) is 22.2. The molecular formula is C61H65N23O3S4. The van der Waals surface area contributed by atoms with Gasteiger partial charge in [0, 0.05) is 126 Å². The standard InChI is InChI=1S/C16H16N6OS.C15H16N6OS.C15H16N6S.C15H17N5OS/c17-15-5-13(21-6-9-3-10(7-21)22(9)8-23)16-12(19-15)4-14(24-16)11-1-2-18-20-11;16-14-8-12(21-5-3-20(9-22)4-6-21)15-11(18-14)7-13(23-15)10-1-2-17-19-10;16-14-5-12(21-6-8-3-9(7-21)18-8)15-11(19-14)4-13(22-15)10-1-2-17-20-10;1-9-8-21-5-4-20(9)12-7-14(16)18-11-6-13(22-15(11)12)10-2-3-17-19-10/h1-2,4-5,8-10H,3,6-7H2,(H2,17,19)(H,18,20);1-2,7-9H,3-6H2,(H2,16,18)(H,17,19);1-2,4-5,8-9,18H,3,6-7H2,(H2,16,19)(H,17,20);2-3,6-7,9H,4-5,8H2,1H3,(H2,16,18)(H,17,19)/t;;;9-/m...1/s1. The molecular weight excluding hydrogens is 1230 g/mol. The van der Waals surface area contributed by atoms with E-state index in [-0.39, 0.29) is 0 Å². The summed E-state index contributed by atoms with van der Waals surface area (Å²) in [7, 11) is 0. The number of aromatic nitrogens is 12. The highest BCUT2D eigenvalue weighted by Gasteiger charge is 2.44. The van der Waals surface area contributed by atoms with Gasteiger partial charge in [-0.2, -0.15) is 20.4 Å². The molecule has 8 aliphatic heterocycles. The molecule has 8 aliphatic rings. The first-order valence-corrected chi connectivity index (χ1v) is 33.3. The molecule has 91 heavy (non-hydrogen) atoms. The van der Waals surface area contributed by atoms with Gasteiger partial charge in [0.1, 0.15) is 23.3 Å². The van der Waals surface area contributed by atoms with E-state index in [4.69, 9.17) is 27.7 Å². The number of thiophene rings is 4. The molecule has 20 rings (SSSR count). The SMILES string of the molecule is C[C@@H]1COCCN1c1cc(N)nc2cc(-c3ccn[nH]3)sc12.Nc1cc(N2CC3CC(C2)N3)c2sc(-c3ccn[nH]3)cc2n1.Nc1cc(N2CC3CC(C2)N3C=O)c2sc(-c3ccn[nH]3)cc2n1.Nc1cc(N2CCN(C=O)CC2)c2sc(-c3ccn[nH]3)cc2n1. The topological polar surface area (TPSA) is 345 Å². The van der Waals surface area contributed by atoms with Crippen LogP contribution in [0.15, 0.2) is 97.6 Å². The molecule has 30 heteroatoms. The van der Waals surface area contributed by atoms with Crippen LogP contribution in [0, 0.1) is 0 Å². The molecule has 466 valence electrons. The predicted octanol–water partition coefficient (Wildman–Crippen LogP) is 7.55. The Bertz CT molecular complexity index is 4510. The number of fused-ring (bicyclic) bond motifs is 8. The summed E-state index contributed by atoms with van der Waals surface area (Å²) < 4.78 is 10.2. The highest BCUT2D eigenvalue weighted by atomic mass is 32.1. The van der Waals surface area contributed by atoms with Crippen molar-refractivity contribution >= 4 is 145 Å². The lowest BCUT2D eigenvalue weighted by Gasteiger charge is -2.55. The van der Waals surface area contributed by atoms with Crippen molar-refractivity contribution in [3.63, 3.8) is 0 Å². The van der Waals surface area contributed by atoms with Crippen molar-refractivity contribution < 1.29 is 14.3 Å². The Morgan fingerprint density at radius 3 is 1.24 bits per heavy atom. The molecule has 8 saturated heterocycles. The second-order valence-corrected chi connectivity index (χ2v) is 27.6. The number of carbonyl (C=O) groups excluding carboxylic acids is 2. The minimum absolute atomic E-state index is 0.317. The summed E-state index contributed by atoms with van der Waals surface area (Å²) in [5, 5.41) is 31.7. The van der Waals surface area contributed by atoms with E-state index in [0.29, 0.717) is 53.5 Å². The predicted molar refractivity (Wildman–Crippen MR) is 364 cm³/mol. The summed E-state index contributed by atoms with van der Waals surface area (Å²) in [6.45, 7) is 11.4. The van der Waals surface area contributed by atoms with Crippen molar-refractivity contribution in [3.05, 3.63) is 97.6 Å². The zero-order valence-electron chi connectivity index (χ0n) is 49.4. The number of anilines is 8. The molecule has 20 heterocycles. The number of pyridine rings is 4. The van der Waals surface area contributed by atoms with E-state index in [9.17, 15) is 9.59 Å². The smallest absolute Gasteiger partial charge is 0.210 e. The minimum Gasteiger partial charge on any atom is -0.384 e. The van der Waals surface area contributed by atoms with E-state index >= 15 is 0 Å². The summed E-state index contributed by atoms with van der Waals surface area (Å²) >= 11 is 6.83. The minimum atomic E-state index is 0.317. The Kier molecular flexibility index (Phi) is 15.5. The van der Waals surface area contributed by atoms with Crippen molar-refractivity contribution in [1.82, 2.24) is 75.8 Å². The van der Waals surface area contributed by atoms with Gasteiger partial charge >= 0.3 is 0 Å². The van der Waals surface area contributed by atoms with Gasteiger partial charge in [0.25, 0.3) is 0 Å². The second-order valence-electron chi connectivity index (χ2n) is 23.4. The van der Waals surface area contributed by atoms with E-state index < -0.39 is 0 Å². The number of morpholine rings is 1. The fourth-order valence-electron chi connectivity index (χ4n) is 13.0. The number of piperidine rings is 2. The van der Waals surface area contributed by atoms with Crippen LogP contribution in [0.2, 0.25) is 0 Å². The van der Waals surface area contributed by atoms with E-state index in [1.807, 2.05) is 59.5 Å². The maximum absolute atomic E-state index is 11.1. The highest BCUT2D eigenvalue weighted by Crippen LogP contribution is 2.45. The molecule has 12 aromatic rings. The molecule has 0 aliphatic carbocycles. The van der Waals surface area contributed by atoms with E-state index in [2.05, 4.69) is 111 Å². The summed E-state index contributed by atoms with van der Waals surface area (Å²) in [5.74, 6) is 2.18. The van der Waals surface area contributed by atoms with Gasteiger partial charge in [0.2, 0.25) is 12.8 Å². The lowest BCUT2D eigenvalue weighted by Crippen LogP contribution is -2.68. The van der Waals surface area contributed by atoms with Gasteiger partial charge in [0.15, 0.2) is 0 Å². The van der Waals surface area contributed by atoms with Crippen molar-refractivity contribution in [1.29, 1.82) is 0 Å². The Morgan fingerprint density at radius 2 is 0.868 bits per heavy atom. The van der Waals surface area contributed by atoms with E-state index in [0.717, 1.165) is 187 Å². The quantitative estimate of drug-likeness (QED) is 0.0597. The van der Waals surface area contributed by atoms with Crippen LogP contribution in [-0.4, -0.2) is 186 Å². The molecule has 0 saturated carbocycles. The van der Waals surface area contributed by atoms with Gasteiger partial charge in [-0.1, -0.05) is 0 Å². The number of hydrogen-bond donors (Lipinski definition) is 9. The third kappa shape index (κ3) is 11.5. The van der Waals surface area contributed by atoms with Crippen molar-refractivity contribution in [2.75, 3.05) is 115 Å². The number of carbonyl (C=O) groups is 2. The molecule has 4 unspecified atom stereocenters. The Morgan fingerprint density at radius 1 is 0.484 bits per heavy atom. The van der Waals surface area contributed by atoms with Gasteiger partial charge in [0.05, 0.1) is 131 Å². The van der Waals surface area contributed by atoms with Crippen LogP contribution < -0.4 is 47.9 Å². The number of nitrogens with one attached hydrogen (secondary N) is 5. The number of nitrogens with two attached hydrogens (primary N) is 4. The fourth-order valence-corrected chi connectivity index (χ4v) is 17.4. The van der Waals surface area contributed by atoms with Crippen LogP contribution in [-0.2, 0) is 14.3 Å². The van der Waals surface area contributed by atoms with Gasteiger partial charge < -0.3 is 62.4 Å². The number of H-pyrrole nitrogens is 4. The number of aromatic amines is 4. The highest BCUT2D eigenvalue weighted by molar-refractivity contribution is 7.24. The molecule has 13 N–H and O–H groups in total. The largest absolute Gasteiger partial charge is 0.384 e. The second kappa shape index (κ2) is 24.4. The number of ether oxygens (including phenoxy) is 1. The van der Waals surface area contributed by atoms with Crippen molar-refractivity contribution in [2.45, 2.75) is 50.0 Å². The maximum atomic E-state index is 11.1. The summed E-state index contributed by atoms with van der Waals surface area (Å²) in [4.78, 5) is 57.5. The van der Waals surface area contributed by atoms with Crippen molar-refractivity contribution in [2.24, 2.45) is 0 Å². The first kappa shape index (κ1) is 57.9. The lowest BCUT2D eigenvalue weighted by atomic mass is 9.88. The average Bonchev–Trinajstić information content (AvgIpc) is 1.81. The number of nitrogen functional groups attached to an aromatic ring is 4. The van der Waals surface area contributed by atoms with Crippen LogP contribution in [0.3, 0.4) is 0 Å². The number of piperazine rings is 3. The summed E-state index contributed by atoms with van der Waals surface area (Å²) in [6, 6.07) is 26.1. The molecule has 2 amide bonds. The zero-order valence-corrected chi connectivity index (χ0v) is 52.7. The summed E-state index contributed by atoms with van der Waals surface area (Å²) in [6.07, 6.45) is 11.3. The first-order valence-electron chi connectivity index (χ1n) is 30.0. The fraction of sp³-hybridized carbons (Fsp3) is 0.311. The molecule has 0 radical (unpaired) electrons. The molecule has 26 nitrogen and oxygen atoms in total. The number of hydrogen-bond acceptors (Lipinski definition) is 24. The molecule has 0 aromatic carbocycles. The van der Waals surface area contributed by atoms with E-state index in [1.165, 1.54) is 16.8 Å². The third-order valence-electron chi connectivity index (χ3n) is 17.4. The average molecular weight is 1300 g/mol. The number of amides is 2. The maximum Gasteiger partial charge on any atom is 0.210 e. The molecule has 0 spiro atoms. The number of nitrogens with zero attached hydrogens (tertiary/aromatic N) is 14. The molecule has 4 bridgehead atoms. The van der Waals surface area contributed by atoms with Gasteiger partial charge in [-0.05, 0) is 68.3 Å².